The Morgan fingerprint density at radius 1 is 1.13 bits per heavy atom. The molecule has 0 saturated carbocycles. The fourth-order valence-electron chi connectivity index (χ4n) is 1.05. The zero-order chi connectivity index (χ0) is 12.1. The molecule has 0 saturated heterocycles. The summed E-state index contributed by atoms with van der Waals surface area (Å²) in [7, 11) is 0. The van der Waals surface area contributed by atoms with Crippen molar-refractivity contribution >= 4 is 23.4 Å². The molecule has 0 aromatic rings. The largest absolute Gasteiger partial charge is 0.441 e. The van der Waals surface area contributed by atoms with Gasteiger partial charge in [0, 0.05) is 11.1 Å². The van der Waals surface area contributed by atoms with Crippen LogP contribution in [0.2, 0.25) is 0 Å². The highest BCUT2D eigenvalue weighted by molar-refractivity contribution is 8.00. The highest BCUT2D eigenvalue weighted by Crippen LogP contribution is 2.32. The molecule has 1 atom stereocenters. The maximum absolute atomic E-state index is 11.8. The van der Waals surface area contributed by atoms with Crippen LogP contribution in [0.3, 0.4) is 0 Å². The lowest BCUT2D eigenvalue weighted by molar-refractivity contribution is -0.0328. The SMILES string of the molecule is CC(C)(C)C(Cl)CCCCSC(F)(F)F. The summed E-state index contributed by atoms with van der Waals surface area (Å²) in [6, 6.07) is 0. The average molecular weight is 263 g/mol. The van der Waals surface area contributed by atoms with Crippen LogP contribution in [0.4, 0.5) is 13.2 Å². The second-order valence-electron chi connectivity index (χ2n) is 4.62. The summed E-state index contributed by atoms with van der Waals surface area (Å²) >= 11 is 6.15. The van der Waals surface area contributed by atoms with Crippen LogP contribution in [0.15, 0.2) is 0 Å². The Kier molecular flexibility index (Phi) is 6.41. The Morgan fingerprint density at radius 3 is 2.07 bits per heavy atom. The minimum absolute atomic E-state index is 0.0265. The van der Waals surface area contributed by atoms with Crippen LogP contribution in [-0.2, 0) is 0 Å². The van der Waals surface area contributed by atoms with Crippen LogP contribution in [0, 0.1) is 5.41 Å². The van der Waals surface area contributed by atoms with Gasteiger partial charge in [-0.1, -0.05) is 39.0 Å². The number of halogens is 4. The van der Waals surface area contributed by atoms with E-state index < -0.39 is 5.51 Å². The standard InChI is InChI=1S/C10H18ClF3S/c1-9(2,3)8(11)6-4-5-7-15-10(12,13)14/h8H,4-7H2,1-3H3. The molecular formula is C10H18ClF3S. The molecule has 0 radical (unpaired) electrons. The number of hydrogen-bond acceptors (Lipinski definition) is 1. The van der Waals surface area contributed by atoms with E-state index >= 15 is 0 Å². The first-order chi connectivity index (χ1) is 6.63. The van der Waals surface area contributed by atoms with Crippen LogP contribution >= 0.6 is 23.4 Å². The third kappa shape index (κ3) is 9.36. The molecule has 0 aliphatic heterocycles. The summed E-state index contributed by atoms with van der Waals surface area (Å²) < 4.78 is 35.3. The van der Waals surface area contributed by atoms with Crippen molar-refractivity contribution in [1.82, 2.24) is 0 Å². The fraction of sp³-hybridized carbons (Fsp3) is 1.00. The third-order valence-electron chi connectivity index (χ3n) is 2.06. The fourth-order valence-corrected chi connectivity index (χ4v) is 1.78. The molecule has 0 aromatic heterocycles. The molecule has 0 amide bonds. The Balaban J connectivity index is 3.48. The molecule has 0 rings (SSSR count). The van der Waals surface area contributed by atoms with Crippen LogP contribution in [0.25, 0.3) is 0 Å². The molecule has 0 aliphatic carbocycles. The number of rotatable bonds is 5. The molecule has 92 valence electrons. The van der Waals surface area contributed by atoms with Crippen LogP contribution in [-0.4, -0.2) is 16.6 Å². The molecule has 0 heterocycles. The first-order valence-corrected chi connectivity index (χ1v) is 6.40. The van der Waals surface area contributed by atoms with Gasteiger partial charge < -0.3 is 0 Å². The maximum atomic E-state index is 11.8. The Bertz CT molecular complexity index is 174. The monoisotopic (exact) mass is 262 g/mol. The topological polar surface area (TPSA) is 0 Å². The number of unbranched alkanes of at least 4 members (excludes halogenated alkanes) is 1. The van der Waals surface area contributed by atoms with Gasteiger partial charge in [0.05, 0.1) is 0 Å². The lowest BCUT2D eigenvalue weighted by atomic mass is 9.89. The molecule has 0 spiro atoms. The zero-order valence-corrected chi connectivity index (χ0v) is 10.9. The van der Waals surface area contributed by atoms with Crippen molar-refractivity contribution in [2.75, 3.05) is 5.75 Å². The van der Waals surface area contributed by atoms with E-state index in [1.807, 2.05) is 20.8 Å². The quantitative estimate of drug-likeness (QED) is 0.493. The summed E-state index contributed by atoms with van der Waals surface area (Å²) in [6.07, 6.45) is 2.11. The lowest BCUT2D eigenvalue weighted by Crippen LogP contribution is -2.20. The van der Waals surface area contributed by atoms with Crippen LogP contribution in [0.5, 0.6) is 0 Å². The molecule has 0 aliphatic rings. The van der Waals surface area contributed by atoms with E-state index in [0.29, 0.717) is 6.42 Å². The molecule has 0 aromatic carbocycles. The molecule has 0 fully saturated rings. The number of alkyl halides is 4. The molecule has 15 heavy (non-hydrogen) atoms. The van der Waals surface area contributed by atoms with Crippen LogP contribution in [0.1, 0.15) is 40.0 Å². The Morgan fingerprint density at radius 2 is 1.67 bits per heavy atom. The van der Waals surface area contributed by atoms with E-state index in [0.717, 1.165) is 12.8 Å². The minimum atomic E-state index is -4.09. The molecular weight excluding hydrogens is 245 g/mol. The van der Waals surface area contributed by atoms with Gasteiger partial charge in [-0.05, 0) is 18.3 Å². The second-order valence-corrected chi connectivity index (χ2v) is 6.31. The predicted molar refractivity (Wildman–Crippen MR) is 61.5 cm³/mol. The smallest absolute Gasteiger partial charge is 0.160 e. The van der Waals surface area contributed by atoms with Gasteiger partial charge in [0.1, 0.15) is 0 Å². The minimum Gasteiger partial charge on any atom is -0.160 e. The first kappa shape index (κ1) is 15.4. The predicted octanol–water partition coefficient (Wildman–Crippen LogP) is 5.06. The highest BCUT2D eigenvalue weighted by atomic mass is 35.5. The first-order valence-electron chi connectivity index (χ1n) is 4.97. The van der Waals surface area contributed by atoms with Crippen molar-refractivity contribution in [1.29, 1.82) is 0 Å². The van der Waals surface area contributed by atoms with E-state index in [1.165, 1.54) is 0 Å². The van der Waals surface area contributed by atoms with Gasteiger partial charge in [0.15, 0.2) is 0 Å². The van der Waals surface area contributed by atoms with Gasteiger partial charge in [0.25, 0.3) is 0 Å². The highest BCUT2D eigenvalue weighted by Gasteiger charge is 2.27. The van der Waals surface area contributed by atoms with Crippen LogP contribution < -0.4 is 0 Å². The van der Waals surface area contributed by atoms with Gasteiger partial charge >= 0.3 is 5.51 Å². The van der Waals surface area contributed by atoms with E-state index in [2.05, 4.69) is 0 Å². The number of hydrogen-bond donors (Lipinski definition) is 0. The van der Waals surface area contributed by atoms with Crippen molar-refractivity contribution in [3.05, 3.63) is 0 Å². The van der Waals surface area contributed by atoms with E-state index in [1.54, 1.807) is 0 Å². The van der Waals surface area contributed by atoms with E-state index in [-0.39, 0.29) is 28.3 Å². The van der Waals surface area contributed by atoms with Crippen molar-refractivity contribution in [3.63, 3.8) is 0 Å². The van der Waals surface area contributed by atoms with Crippen molar-refractivity contribution in [3.8, 4) is 0 Å². The van der Waals surface area contributed by atoms with Gasteiger partial charge in [-0.15, -0.1) is 11.6 Å². The normalized spacial score (nSPS) is 15.4. The van der Waals surface area contributed by atoms with Crippen molar-refractivity contribution < 1.29 is 13.2 Å². The zero-order valence-electron chi connectivity index (χ0n) is 9.33. The van der Waals surface area contributed by atoms with Gasteiger partial charge in [0.2, 0.25) is 0 Å². The van der Waals surface area contributed by atoms with Gasteiger partial charge in [-0.2, -0.15) is 13.2 Å². The van der Waals surface area contributed by atoms with E-state index in [4.69, 9.17) is 11.6 Å². The molecule has 0 N–H and O–H groups in total. The van der Waals surface area contributed by atoms with Crippen molar-refractivity contribution in [2.45, 2.75) is 50.9 Å². The Labute approximate surface area is 98.9 Å². The average Bonchev–Trinajstić information content (AvgIpc) is 1.99. The van der Waals surface area contributed by atoms with Crippen molar-refractivity contribution in [2.24, 2.45) is 5.41 Å². The lowest BCUT2D eigenvalue weighted by Gasteiger charge is -2.24. The molecule has 5 heteroatoms. The summed E-state index contributed by atoms with van der Waals surface area (Å²) in [5.74, 6) is 0.136. The maximum Gasteiger partial charge on any atom is 0.441 e. The van der Waals surface area contributed by atoms with Gasteiger partial charge in [-0.3, -0.25) is 0 Å². The number of thioether (sulfide) groups is 1. The molecule has 1 unspecified atom stereocenters. The summed E-state index contributed by atoms with van der Waals surface area (Å²) in [6.45, 7) is 6.11. The summed E-state index contributed by atoms with van der Waals surface area (Å²) in [4.78, 5) is 0. The van der Waals surface area contributed by atoms with E-state index in [9.17, 15) is 13.2 Å². The van der Waals surface area contributed by atoms with Gasteiger partial charge in [-0.25, -0.2) is 0 Å². The summed E-state index contributed by atoms with van der Waals surface area (Å²) in [5, 5.41) is 0.0355. The molecule has 0 nitrogen and oxygen atoms in total. The third-order valence-corrected chi connectivity index (χ3v) is 3.75. The molecule has 0 bridgehead atoms. The second kappa shape index (κ2) is 6.24. The summed E-state index contributed by atoms with van der Waals surface area (Å²) in [5.41, 5.74) is -4.07. The Hall–Kier alpha value is 0.430.